The molecule has 5 fully saturated rings. The van der Waals surface area contributed by atoms with Crippen molar-refractivity contribution in [2.24, 2.45) is 11.8 Å². The summed E-state index contributed by atoms with van der Waals surface area (Å²) in [5.74, 6) is -0.451. The van der Waals surface area contributed by atoms with Gasteiger partial charge in [0.05, 0.1) is 13.2 Å². The Morgan fingerprint density at radius 3 is 2.33 bits per heavy atom. The van der Waals surface area contributed by atoms with E-state index in [0.717, 1.165) is 44.9 Å². The van der Waals surface area contributed by atoms with E-state index in [1.807, 2.05) is 0 Å². The van der Waals surface area contributed by atoms with Crippen molar-refractivity contribution in [2.75, 3.05) is 26.3 Å². The Morgan fingerprint density at radius 2 is 1.63 bits per heavy atom. The highest BCUT2D eigenvalue weighted by Gasteiger charge is 2.63. The van der Waals surface area contributed by atoms with Crippen LogP contribution in [0.15, 0.2) is 0 Å². The van der Waals surface area contributed by atoms with Gasteiger partial charge in [-0.3, -0.25) is 0 Å². The van der Waals surface area contributed by atoms with E-state index in [2.05, 4.69) is 0 Å². The van der Waals surface area contributed by atoms with Crippen LogP contribution < -0.4 is 0 Å². The zero-order chi connectivity index (χ0) is 18.3. The molecule has 152 valence electrons. The summed E-state index contributed by atoms with van der Waals surface area (Å²) in [7, 11) is 0. The maximum absolute atomic E-state index is 12.5. The first-order chi connectivity index (χ1) is 13.2. The monoisotopic (exact) mass is 381 g/mol. The molecule has 2 aliphatic heterocycles. The topological polar surface area (TPSA) is 66.5 Å². The van der Waals surface area contributed by atoms with Crippen molar-refractivity contribution < 1.29 is 28.8 Å². The third-order valence-electron chi connectivity index (χ3n) is 7.18. The Hall–Kier alpha value is -0.890. The molecule has 0 aromatic carbocycles. The molecule has 2 atom stereocenters. The Balaban J connectivity index is 1.25. The predicted octanol–water partition coefficient (Wildman–Crippen LogP) is 3.37. The largest absolute Gasteiger partial charge is 0.446 e. The molecule has 0 radical (unpaired) electrons. The lowest BCUT2D eigenvalue weighted by atomic mass is 9.67. The summed E-state index contributed by atoms with van der Waals surface area (Å²) in [5, 5.41) is 0. The number of nitrogens with zero attached hydrogens (tertiary/aromatic N) is 1. The number of morpholine rings is 1. The van der Waals surface area contributed by atoms with Crippen LogP contribution in [0.1, 0.15) is 64.2 Å². The fourth-order valence-electron chi connectivity index (χ4n) is 5.80. The number of ether oxygens (including phenoxy) is 3. The van der Waals surface area contributed by atoms with Gasteiger partial charge in [0, 0.05) is 37.8 Å². The minimum atomic E-state index is -0.751. The van der Waals surface area contributed by atoms with Crippen molar-refractivity contribution in [3.63, 3.8) is 0 Å². The van der Waals surface area contributed by atoms with Gasteiger partial charge in [-0.1, -0.05) is 12.8 Å². The summed E-state index contributed by atoms with van der Waals surface area (Å²) >= 11 is 0. The molecule has 3 saturated carbocycles. The first kappa shape index (κ1) is 18.2. The third-order valence-corrected chi connectivity index (χ3v) is 7.18. The number of carbonyl (C=O) groups is 1. The highest BCUT2D eigenvalue weighted by Crippen LogP contribution is 2.57. The Bertz CT molecular complexity index is 543. The van der Waals surface area contributed by atoms with E-state index >= 15 is 0 Å². The highest BCUT2D eigenvalue weighted by molar-refractivity contribution is 5.67. The van der Waals surface area contributed by atoms with Gasteiger partial charge in [-0.2, -0.15) is 9.78 Å². The van der Waals surface area contributed by atoms with Crippen molar-refractivity contribution in [3.05, 3.63) is 0 Å². The second-order valence-corrected chi connectivity index (χ2v) is 8.86. The van der Waals surface area contributed by atoms with Crippen LogP contribution in [0.4, 0.5) is 4.79 Å². The molecule has 2 saturated heterocycles. The van der Waals surface area contributed by atoms with Crippen LogP contribution in [0.25, 0.3) is 0 Å². The standard InChI is InChI=1S/C20H31NO6/c22-18(21-10-12-23-13-11-21)24-17-8-3-9-19(14-17)25-20(27-26-19)15-4-1-5-16(20)7-2-6-15/h15-17H,1-14H2/t15?,16?,17-,19-,20?/m1/s1. The first-order valence-corrected chi connectivity index (χ1v) is 10.8. The van der Waals surface area contributed by atoms with Crippen LogP contribution >= 0.6 is 0 Å². The van der Waals surface area contributed by atoms with Crippen molar-refractivity contribution in [3.8, 4) is 0 Å². The second kappa shape index (κ2) is 7.17. The van der Waals surface area contributed by atoms with Gasteiger partial charge in [-0.05, 0) is 38.5 Å². The van der Waals surface area contributed by atoms with Gasteiger partial charge in [0.15, 0.2) is 0 Å². The van der Waals surface area contributed by atoms with Gasteiger partial charge in [0.1, 0.15) is 6.10 Å². The van der Waals surface area contributed by atoms with Gasteiger partial charge in [0.25, 0.3) is 0 Å². The summed E-state index contributed by atoms with van der Waals surface area (Å²) in [6.07, 6.45) is 9.85. The first-order valence-electron chi connectivity index (χ1n) is 10.8. The van der Waals surface area contributed by atoms with E-state index in [1.54, 1.807) is 4.90 Å². The lowest BCUT2D eigenvalue weighted by Gasteiger charge is -2.48. The maximum atomic E-state index is 12.5. The van der Waals surface area contributed by atoms with Crippen LogP contribution in [-0.4, -0.2) is 55.0 Å². The summed E-state index contributed by atoms with van der Waals surface area (Å²) in [6, 6.07) is 0. The van der Waals surface area contributed by atoms with Crippen molar-refractivity contribution in [2.45, 2.75) is 81.9 Å². The molecule has 5 aliphatic rings. The van der Waals surface area contributed by atoms with Crippen molar-refractivity contribution in [1.82, 2.24) is 4.90 Å². The molecule has 3 aliphatic carbocycles. The van der Waals surface area contributed by atoms with Gasteiger partial charge < -0.3 is 19.1 Å². The van der Waals surface area contributed by atoms with Gasteiger partial charge in [0.2, 0.25) is 11.6 Å². The lowest BCUT2D eigenvalue weighted by Crippen LogP contribution is -2.53. The normalized spacial score (nSPS) is 44.6. The zero-order valence-corrected chi connectivity index (χ0v) is 16.0. The van der Waals surface area contributed by atoms with E-state index < -0.39 is 11.6 Å². The van der Waals surface area contributed by atoms with Crippen LogP contribution in [0, 0.1) is 11.8 Å². The summed E-state index contributed by atoms with van der Waals surface area (Å²) < 4.78 is 17.8. The number of hydrogen-bond donors (Lipinski definition) is 0. The maximum Gasteiger partial charge on any atom is 0.410 e. The van der Waals surface area contributed by atoms with Crippen molar-refractivity contribution in [1.29, 1.82) is 0 Å². The smallest absolute Gasteiger partial charge is 0.410 e. The van der Waals surface area contributed by atoms with E-state index in [0.29, 0.717) is 44.6 Å². The zero-order valence-electron chi connectivity index (χ0n) is 16.0. The van der Waals surface area contributed by atoms with E-state index in [1.165, 1.54) is 12.8 Å². The van der Waals surface area contributed by atoms with Gasteiger partial charge in [-0.25, -0.2) is 4.79 Å². The lowest BCUT2D eigenvalue weighted by molar-refractivity contribution is -0.382. The molecular weight excluding hydrogens is 350 g/mol. The number of hydrogen-bond acceptors (Lipinski definition) is 6. The van der Waals surface area contributed by atoms with Gasteiger partial charge in [-0.15, -0.1) is 0 Å². The fourth-order valence-corrected chi connectivity index (χ4v) is 5.80. The predicted molar refractivity (Wildman–Crippen MR) is 94.5 cm³/mol. The van der Waals surface area contributed by atoms with Crippen LogP contribution in [0.2, 0.25) is 0 Å². The fraction of sp³-hybridized carbons (Fsp3) is 0.950. The minimum Gasteiger partial charge on any atom is -0.446 e. The highest BCUT2D eigenvalue weighted by atomic mass is 17.3. The molecule has 0 aromatic heterocycles. The average Bonchev–Trinajstić information content (AvgIpc) is 3.00. The van der Waals surface area contributed by atoms with Gasteiger partial charge >= 0.3 is 6.09 Å². The molecule has 7 heteroatoms. The summed E-state index contributed by atoms with van der Waals surface area (Å²) in [5.41, 5.74) is 0. The molecule has 2 heterocycles. The van der Waals surface area contributed by atoms with Crippen LogP contribution in [0.5, 0.6) is 0 Å². The summed E-state index contributed by atoms with van der Waals surface area (Å²) in [4.78, 5) is 26.1. The van der Waals surface area contributed by atoms with Crippen LogP contribution in [-0.2, 0) is 24.0 Å². The third kappa shape index (κ3) is 3.26. The Labute approximate surface area is 160 Å². The SMILES string of the molecule is O=C(O[C@@H]1CCC[C@]2(C1)OOC1(O2)C2CCCC1CCC2)N1CCOCC1. The second-order valence-electron chi connectivity index (χ2n) is 8.86. The molecule has 2 bridgehead atoms. The van der Waals surface area contributed by atoms with E-state index in [9.17, 15) is 4.79 Å². The van der Waals surface area contributed by atoms with E-state index in [4.69, 9.17) is 24.0 Å². The molecule has 0 unspecified atom stereocenters. The van der Waals surface area contributed by atoms with Crippen molar-refractivity contribution >= 4 is 6.09 Å². The Kier molecular flexibility index (Phi) is 4.82. The minimum absolute atomic E-state index is 0.184. The summed E-state index contributed by atoms with van der Waals surface area (Å²) in [6.45, 7) is 2.35. The molecular formula is C20H31NO6. The average molecular weight is 381 g/mol. The Morgan fingerprint density at radius 1 is 0.926 bits per heavy atom. The molecule has 0 N–H and O–H groups in total. The number of amides is 1. The molecule has 0 aromatic rings. The quantitative estimate of drug-likeness (QED) is 0.649. The van der Waals surface area contributed by atoms with E-state index in [-0.39, 0.29) is 12.2 Å². The molecule has 2 spiro atoms. The van der Waals surface area contributed by atoms with Crippen LogP contribution in [0.3, 0.4) is 0 Å². The number of rotatable bonds is 1. The molecule has 27 heavy (non-hydrogen) atoms. The molecule has 5 rings (SSSR count). The number of carbonyl (C=O) groups excluding carboxylic acids is 1. The molecule has 7 nitrogen and oxygen atoms in total. The molecule has 1 amide bonds.